The van der Waals surface area contributed by atoms with Crippen LogP contribution in [-0.4, -0.2) is 45.5 Å². The Hall–Kier alpha value is -2.24. The molecule has 26 heavy (non-hydrogen) atoms. The van der Waals surface area contributed by atoms with E-state index in [1.165, 1.54) is 24.2 Å². The van der Waals surface area contributed by atoms with Gasteiger partial charge < -0.3 is 24.4 Å². The minimum absolute atomic E-state index is 0.0705. The van der Waals surface area contributed by atoms with Gasteiger partial charge in [0, 0.05) is 11.1 Å². The van der Waals surface area contributed by atoms with Crippen molar-refractivity contribution in [1.82, 2.24) is 0 Å². The summed E-state index contributed by atoms with van der Waals surface area (Å²) in [6.45, 7) is 8.80. The standard InChI is InChI=1S/C21H28N2O3/c1-16-4-6-17(7-5-16)14-22-8-10-23(11-9-22)15-18-12-19(25-2)21(24)20(13-18)26-3/h4-7,12-13,24H,8-11,14-15H2,1-3H3/p+2. The maximum Gasteiger partial charge on any atom is 0.200 e. The quantitative estimate of drug-likeness (QED) is 0.692. The topological polar surface area (TPSA) is 47.6 Å². The number of piperazine rings is 1. The highest BCUT2D eigenvalue weighted by Gasteiger charge is 2.24. The Morgan fingerprint density at radius 3 is 1.73 bits per heavy atom. The van der Waals surface area contributed by atoms with Gasteiger partial charge in [-0.1, -0.05) is 29.8 Å². The summed E-state index contributed by atoms with van der Waals surface area (Å²) >= 11 is 0. The molecule has 0 bridgehead atoms. The minimum atomic E-state index is 0.0705. The van der Waals surface area contributed by atoms with Crippen LogP contribution in [0, 0.1) is 6.92 Å². The Labute approximate surface area is 155 Å². The second kappa shape index (κ2) is 8.43. The van der Waals surface area contributed by atoms with E-state index in [2.05, 4.69) is 31.2 Å². The van der Waals surface area contributed by atoms with Crippen molar-refractivity contribution in [3.63, 3.8) is 0 Å². The Bertz CT molecular complexity index is 698. The van der Waals surface area contributed by atoms with Gasteiger partial charge in [-0.2, -0.15) is 0 Å². The van der Waals surface area contributed by atoms with E-state index in [1.54, 1.807) is 24.0 Å². The summed E-state index contributed by atoms with van der Waals surface area (Å²) in [6.07, 6.45) is 0. The van der Waals surface area contributed by atoms with E-state index >= 15 is 0 Å². The fraction of sp³-hybridized carbons (Fsp3) is 0.429. The Kier molecular flexibility index (Phi) is 6.01. The minimum Gasteiger partial charge on any atom is -0.502 e. The van der Waals surface area contributed by atoms with Crippen LogP contribution >= 0.6 is 0 Å². The molecule has 0 radical (unpaired) electrons. The average Bonchev–Trinajstić information content (AvgIpc) is 2.66. The van der Waals surface area contributed by atoms with Gasteiger partial charge in [-0.15, -0.1) is 0 Å². The lowest BCUT2D eigenvalue weighted by Gasteiger charge is -2.30. The van der Waals surface area contributed by atoms with Gasteiger partial charge in [0.2, 0.25) is 5.75 Å². The highest BCUT2D eigenvalue weighted by molar-refractivity contribution is 5.52. The molecule has 1 fully saturated rings. The molecule has 3 rings (SSSR count). The fourth-order valence-corrected chi connectivity index (χ4v) is 3.64. The highest BCUT2D eigenvalue weighted by Crippen LogP contribution is 2.36. The van der Waals surface area contributed by atoms with Crippen molar-refractivity contribution in [1.29, 1.82) is 0 Å². The van der Waals surface area contributed by atoms with Crippen LogP contribution in [0.3, 0.4) is 0 Å². The van der Waals surface area contributed by atoms with Crippen LogP contribution in [0.25, 0.3) is 0 Å². The second-order valence-electron chi connectivity index (χ2n) is 7.19. The van der Waals surface area contributed by atoms with E-state index in [1.807, 2.05) is 12.1 Å². The van der Waals surface area contributed by atoms with Crippen molar-refractivity contribution in [3.8, 4) is 17.2 Å². The van der Waals surface area contributed by atoms with Gasteiger partial charge in [0.05, 0.1) is 14.2 Å². The maximum atomic E-state index is 10.1. The maximum absolute atomic E-state index is 10.1. The van der Waals surface area contributed by atoms with E-state index < -0.39 is 0 Å². The number of nitrogens with one attached hydrogen (secondary N) is 2. The summed E-state index contributed by atoms with van der Waals surface area (Å²) in [6, 6.07) is 12.7. The molecule has 2 aromatic rings. The van der Waals surface area contributed by atoms with Crippen molar-refractivity contribution in [3.05, 3.63) is 53.1 Å². The summed E-state index contributed by atoms with van der Waals surface area (Å²) in [5.74, 6) is 1.02. The summed E-state index contributed by atoms with van der Waals surface area (Å²) < 4.78 is 10.5. The van der Waals surface area contributed by atoms with Crippen LogP contribution in [-0.2, 0) is 13.1 Å². The van der Waals surface area contributed by atoms with Gasteiger partial charge >= 0.3 is 0 Å². The number of aryl methyl sites for hydroxylation is 1. The molecule has 2 aromatic carbocycles. The fourth-order valence-electron chi connectivity index (χ4n) is 3.64. The number of ether oxygens (including phenoxy) is 2. The zero-order valence-corrected chi connectivity index (χ0v) is 16.0. The number of phenols is 1. The van der Waals surface area contributed by atoms with E-state index in [0.717, 1.165) is 31.7 Å². The molecule has 1 aliphatic rings. The van der Waals surface area contributed by atoms with Crippen LogP contribution in [0.15, 0.2) is 36.4 Å². The van der Waals surface area contributed by atoms with Gasteiger partial charge in [0.25, 0.3) is 0 Å². The van der Waals surface area contributed by atoms with Gasteiger partial charge in [-0.25, -0.2) is 0 Å². The van der Waals surface area contributed by atoms with Crippen molar-refractivity contribution < 1.29 is 24.4 Å². The number of hydrogen-bond acceptors (Lipinski definition) is 3. The predicted octanol–water partition coefficient (Wildman–Crippen LogP) is 0.201. The number of aromatic hydroxyl groups is 1. The molecular weight excluding hydrogens is 328 g/mol. The third-order valence-electron chi connectivity index (χ3n) is 5.23. The molecule has 1 saturated heterocycles. The van der Waals surface area contributed by atoms with E-state index in [-0.39, 0.29) is 5.75 Å². The van der Waals surface area contributed by atoms with Crippen molar-refractivity contribution in [2.24, 2.45) is 0 Å². The number of methoxy groups -OCH3 is 2. The van der Waals surface area contributed by atoms with Crippen LogP contribution in [0.4, 0.5) is 0 Å². The third kappa shape index (κ3) is 4.48. The lowest BCUT2D eigenvalue weighted by molar-refractivity contribution is -1.02. The third-order valence-corrected chi connectivity index (χ3v) is 5.23. The van der Waals surface area contributed by atoms with Crippen LogP contribution in [0.5, 0.6) is 17.2 Å². The zero-order valence-electron chi connectivity index (χ0n) is 16.0. The average molecular weight is 358 g/mol. The van der Waals surface area contributed by atoms with Crippen LogP contribution < -0.4 is 19.3 Å². The number of phenolic OH excluding ortho intramolecular Hbond substituents is 1. The van der Waals surface area contributed by atoms with Crippen molar-refractivity contribution in [2.45, 2.75) is 20.0 Å². The normalized spacial score (nSPS) is 20.0. The second-order valence-corrected chi connectivity index (χ2v) is 7.19. The molecule has 0 saturated carbocycles. The summed E-state index contributed by atoms with van der Waals surface area (Å²) in [5.41, 5.74) is 3.87. The molecule has 5 nitrogen and oxygen atoms in total. The molecular formula is C21H30N2O3+2. The van der Waals surface area contributed by atoms with Gasteiger partial charge in [-0.3, -0.25) is 0 Å². The van der Waals surface area contributed by atoms with E-state index in [0.29, 0.717) is 11.5 Å². The Morgan fingerprint density at radius 2 is 1.27 bits per heavy atom. The highest BCUT2D eigenvalue weighted by atomic mass is 16.5. The summed E-state index contributed by atoms with van der Waals surface area (Å²) in [5, 5.41) is 10.1. The van der Waals surface area contributed by atoms with E-state index in [9.17, 15) is 5.11 Å². The molecule has 1 aliphatic heterocycles. The Balaban J connectivity index is 1.56. The monoisotopic (exact) mass is 358 g/mol. The molecule has 1 heterocycles. The molecule has 0 amide bonds. The molecule has 0 aromatic heterocycles. The molecule has 0 spiro atoms. The van der Waals surface area contributed by atoms with Crippen LogP contribution in [0.1, 0.15) is 16.7 Å². The van der Waals surface area contributed by atoms with Crippen molar-refractivity contribution in [2.75, 3.05) is 40.4 Å². The lowest BCUT2D eigenvalue weighted by atomic mass is 10.1. The smallest absolute Gasteiger partial charge is 0.200 e. The van der Waals surface area contributed by atoms with Gasteiger partial charge in [-0.05, 0) is 19.1 Å². The Morgan fingerprint density at radius 1 is 0.808 bits per heavy atom. The first kappa shape index (κ1) is 18.5. The summed E-state index contributed by atoms with van der Waals surface area (Å²) in [7, 11) is 3.14. The molecule has 3 N–H and O–H groups in total. The molecule has 140 valence electrons. The molecule has 0 aliphatic carbocycles. The first-order valence-corrected chi connectivity index (χ1v) is 9.25. The molecule has 0 unspecified atom stereocenters. The summed E-state index contributed by atoms with van der Waals surface area (Å²) in [4.78, 5) is 3.21. The van der Waals surface area contributed by atoms with Gasteiger partial charge in [0.15, 0.2) is 11.5 Å². The first-order chi connectivity index (χ1) is 12.6. The van der Waals surface area contributed by atoms with Crippen LogP contribution in [0.2, 0.25) is 0 Å². The van der Waals surface area contributed by atoms with Gasteiger partial charge in [0.1, 0.15) is 39.3 Å². The van der Waals surface area contributed by atoms with E-state index in [4.69, 9.17) is 9.47 Å². The zero-order chi connectivity index (χ0) is 18.5. The number of hydrogen-bond donors (Lipinski definition) is 3. The lowest BCUT2D eigenvalue weighted by Crippen LogP contribution is -3.27. The predicted molar refractivity (Wildman–Crippen MR) is 101 cm³/mol. The SMILES string of the molecule is COc1cc(C[NH+]2CC[NH+](Cc3ccc(C)cc3)CC2)cc(OC)c1O. The molecule has 0 atom stereocenters. The van der Waals surface area contributed by atoms with Crippen molar-refractivity contribution >= 4 is 0 Å². The number of rotatable bonds is 6. The number of quaternary nitrogens is 2. The molecule has 5 heteroatoms. The number of benzene rings is 2. The first-order valence-electron chi connectivity index (χ1n) is 9.25. The largest absolute Gasteiger partial charge is 0.502 e.